The van der Waals surface area contributed by atoms with E-state index in [0.717, 1.165) is 19.9 Å². The van der Waals surface area contributed by atoms with Crippen molar-refractivity contribution in [3.63, 3.8) is 0 Å². The Hall–Kier alpha value is -1.50. The molecule has 19 heavy (non-hydrogen) atoms. The molecule has 0 atom stereocenters. The van der Waals surface area contributed by atoms with Crippen LogP contribution in [0.15, 0.2) is 18.2 Å². The molecule has 104 valence electrons. The molecule has 1 aromatic rings. The average Bonchev–Trinajstić information content (AvgIpc) is 2.24. The van der Waals surface area contributed by atoms with Crippen molar-refractivity contribution in [3.8, 4) is 11.8 Å². The molecule has 0 spiro atoms. The van der Waals surface area contributed by atoms with Crippen molar-refractivity contribution in [3.05, 3.63) is 35.1 Å². The van der Waals surface area contributed by atoms with E-state index in [-0.39, 0.29) is 11.5 Å². The van der Waals surface area contributed by atoms with E-state index in [4.69, 9.17) is 0 Å². The van der Waals surface area contributed by atoms with E-state index in [0.29, 0.717) is 5.56 Å². The lowest BCUT2D eigenvalue weighted by atomic mass is 9.93. The van der Waals surface area contributed by atoms with Gasteiger partial charge in [-0.2, -0.15) is 13.2 Å². The Kier molecular flexibility index (Phi) is 4.29. The van der Waals surface area contributed by atoms with Gasteiger partial charge in [-0.25, -0.2) is 4.39 Å². The summed E-state index contributed by atoms with van der Waals surface area (Å²) in [6.07, 6.45) is -4.41. The Morgan fingerprint density at radius 2 is 1.63 bits per heavy atom. The molecule has 0 aliphatic rings. The maximum Gasteiger partial charge on any atom is 0.404 e. The molecule has 0 bridgehead atoms. The Morgan fingerprint density at radius 1 is 1.05 bits per heavy atom. The van der Waals surface area contributed by atoms with E-state index >= 15 is 0 Å². The molecule has 0 amide bonds. The molecule has 4 heteroatoms. The highest BCUT2D eigenvalue weighted by Crippen LogP contribution is 2.36. The molecule has 0 fully saturated rings. The van der Waals surface area contributed by atoms with Crippen LogP contribution in [0.1, 0.15) is 44.7 Å². The van der Waals surface area contributed by atoms with Crippen LogP contribution in [0.4, 0.5) is 17.6 Å². The number of alkyl halides is 3. The molecule has 0 radical (unpaired) electrons. The number of hydrogen-bond donors (Lipinski definition) is 0. The molecule has 1 rings (SSSR count). The van der Waals surface area contributed by atoms with E-state index < -0.39 is 17.4 Å². The van der Waals surface area contributed by atoms with Gasteiger partial charge in [-0.15, -0.1) is 0 Å². The van der Waals surface area contributed by atoms with Crippen LogP contribution < -0.4 is 0 Å². The predicted octanol–water partition coefficient (Wildman–Crippen LogP) is 4.89. The van der Waals surface area contributed by atoms with Gasteiger partial charge in [0.2, 0.25) is 0 Å². The summed E-state index contributed by atoms with van der Waals surface area (Å²) in [5.74, 6) is 4.19. The summed E-state index contributed by atoms with van der Waals surface area (Å²) >= 11 is 0. The van der Waals surface area contributed by atoms with E-state index in [2.05, 4.69) is 11.8 Å². The van der Waals surface area contributed by atoms with Gasteiger partial charge >= 0.3 is 6.18 Å². The standard InChI is InChI=1S/C15H16F4/c1-10(2)12-7-11(8-13(16)9-12)5-6-14(3,4)15(17,18)19/h7-10H,1-4H3. The largest absolute Gasteiger partial charge is 0.404 e. The summed E-state index contributed by atoms with van der Waals surface area (Å²) in [7, 11) is 0. The van der Waals surface area contributed by atoms with E-state index in [9.17, 15) is 17.6 Å². The lowest BCUT2D eigenvalue weighted by Crippen LogP contribution is -2.30. The number of benzene rings is 1. The van der Waals surface area contributed by atoms with Gasteiger partial charge in [-0.1, -0.05) is 25.7 Å². The first-order valence-corrected chi connectivity index (χ1v) is 5.93. The summed E-state index contributed by atoms with van der Waals surface area (Å²) in [6.45, 7) is 5.77. The number of halogens is 4. The first-order valence-electron chi connectivity index (χ1n) is 5.93. The van der Waals surface area contributed by atoms with Crippen LogP contribution in [0.2, 0.25) is 0 Å². The third-order valence-corrected chi connectivity index (χ3v) is 2.81. The van der Waals surface area contributed by atoms with Crippen LogP contribution >= 0.6 is 0 Å². The van der Waals surface area contributed by atoms with Gasteiger partial charge in [0.05, 0.1) is 0 Å². The van der Waals surface area contributed by atoms with Crippen LogP contribution in [0.3, 0.4) is 0 Å². The van der Waals surface area contributed by atoms with Gasteiger partial charge in [0.15, 0.2) is 0 Å². The maximum absolute atomic E-state index is 13.4. The van der Waals surface area contributed by atoms with Crippen molar-refractivity contribution in [2.75, 3.05) is 0 Å². The van der Waals surface area contributed by atoms with Crippen molar-refractivity contribution in [1.82, 2.24) is 0 Å². The smallest absolute Gasteiger partial charge is 0.207 e. The normalized spacial score (nSPS) is 12.3. The molecule has 0 unspecified atom stereocenters. The minimum atomic E-state index is -4.41. The Bertz CT molecular complexity index is 513. The molecule has 0 aliphatic heterocycles. The van der Waals surface area contributed by atoms with Crippen LogP contribution in [-0.4, -0.2) is 6.18 Å². The minimum absolute atomic E-state index is 0.0897. The summed E-state index contributed by atoms with van der Waals surface area (Å²) in [5, 5.41) is 0. The van der Waals surface area contributed by atoms with Crippen molar-refractivity contribution in [1.29, 1.82) is 0 Å². The zero-order valence-electron chi connectivity index (χ0n) is 11.3. The fraction of sp³-hybridized carbons (Fsp3) is 0.467. The molecule has 0 saturated carbocycles. The third-order valence-electron chi connectivity index (χ3n) is 2.81. The highest BCUT2D eigenvalue weighted by molar-refractivity contribution is 5.39. The summed E-state index contributed by atoms with van der Waals surface area (Å²) < 4.78 is 51.3. The minimum Gasteiger partial charge on any atom is -0.207 e. The second kappa shape index (κ2) is 5.24. The second-order valence-corrected chi connectivity index (χ2v) is 5.30. The predicted molar refractivity (Wildman–Crippen MR) is 67.2 cm³/mol. The number of rotatable bonds is 1. The topological polar surface area (TPSA) is 0 Å². The van der Waals surface area contributed by atoms with Gasteiger partial charge in [-0.3, -0.25) is 0 Å². The quantitative estimate of drug-likeness (QED) is 0.504. The highest BCUT2D eigenvalue weighted by Gasteiger charge is 2.46. The number of hydrogen-bond acceptors (Lipinski definition) is 0. The van der Waals surface area contributed by atoms with Gasteiger partial charge in [0, 0.05) is 5.56 Å². The first kappa shape index (κ1) is 15.6. The molecule has 0 saturated heterocycles. The zero-order chi connectivity index (χ0) is 14.8. The monoisotopic (exact) mass is 272 g/mol. The molecule has 0 aromatic heterocycles. The lowest BCUT2D eigenvalue weighted by Gasteiger charge is -2.21. The van der Waals surface area contributed by atoms with Crippen LogP contribution in [0, 0.1) is 23.1 Å². The van der Waals surface area contributed by atoms with Gasteiger partial charge in [-0.05, 0) is 43.5 Å². The molecule has 0 aliphatic carbocycles. The summed E-state index contributed by atoms with van der Waals surface area (Å²) in [6, 6.07) is 4.13. The molecule has 0 nitrogen and oxygen atoms in total. The molecule has 1 aromatic carbocycles. The van der Waals surface area contributed by atoms with E-state index in [1.807, 2.05) is 13.8 Å². The van der Waals surface area contributed by atoms with Crippen LogP contribution in [0.5, 0.6) is 0 Å². The van der Waals surface area contributed by atoms with Crippen molar-refractivity contribution in [2.24, 2.45) is 5.41 Å². The van der Waals surface area contributed by atoms with E-state index in [1.54, 1.807) is 6.07 Å². The Labute approximate surface area is 110 Å². The summed E-state index contributed by atoms with van der Waals surface area (Å²) in [5.41, 5.74) is -1.13. The Morgan fingerprint density at radius 3 is 2.11 bits per heavy atom. The third kappa shape index (κ3) is 3.99. The summed E-state index contributed by atoms with van der Waals surface area (Å²) in [4.78, 5) is 0. The average molecular weight is 272 g/mol. The highest BCUT2D eigenvalue weighted by atomic mass is 19.4. The van der Waals surface area contributed by atoms with E-state index in [1.165, 1.54) is 6.07 Å². The zero-order valence-corrected chi connectivity index (χ0v) is 11.3. The first-order chi connectivity index (χ1) is 8.53. The molecular weight excluding hydrogens is 256 g/mol. The van der Waals surface area contributed by atoms with Crippen molar-refractivity contribution >= 4 is 0 Å². The Balaban J connectivity index is 3.15. The molecule has 0 N–H and O–H groups in total. The van der Waals surface area contributed by atoms with Crippen LogP contribution in [0.25, 0.3) is 0 Å². The fourth-order valence-electron chi connectivity index (χ4n) is 1.32. The van der Waals surface area contributed by atoms with Gasteiger partial charge in [0.25, 0.3) is 0 Å². The van der Waals surface area contributed by atoms with Crippen LogP contribution in [-0.2, 0) is 0 Å². The van der Waals surface area contributed by atoms with Gasteiger partial charge in [0.1, 0.15) is 11.2 Å². The van der Waals surface area contributed by atoms with Crippen molar-refractivity contribution in [2.45, 2.75) is 39.8 Å². The lowest BCUT2D eigenvalue weighted by molar-refractivity contribution is -0.190. The SMILES string of the molecule is CC(C)c1cc(F)cc(C#CC(C)(C)C(F)(F)F)c1. The van der Waals surface area contributed by atoms with Crippen molar-refractivity contribution < 1.29 is 17.6 Å². The van der Waals surface area contributed by atoms with Gasteiger partial charge < -0.3 is 0 Å². The molecular formula is C15H16F4. The second-order valence-electron chi connectivity index (χ2n) is 5.30. The fourth-order valence-corrected chi connectivity index (χ4v) is 1.32. The maximum atomic E-state index is 13.4. The molecule has 0 heterocycles.